The van der Waals surface area contributed by atoms with Gasteiger partial charge in [-0.05, 0) is 25.7 Å². The van der Waals surface area contributed by atoms with Gasteiger partial charge in [-0.1, -0.05) is 148 Å². The maximum Gasteiger partial charge on any atom is 0.0836 e. The lowest BCUT2D eigenvalue weighted by molar-refractivity contribution is 0.759. The van der Waals surface area contributed by atoms with Crippen molar-refractivity contribution in [1.29, 1.82) is 0 Å². The molecule has 0 atom stereocenters. The zero-order chi connectivity index (χ0) is 21.1. The second-order valence-corrected chi connectivity index (χ2v) is 20.0. The fraction of sp³-hybridized carbons (Fsp3) is 0.643. The van der Waals surface area contributed by atoms with E-state index in [1.54, 1.807) is 10.4 Å². The number of hydrogen-bond acceptors (Lipinski definition) is 0. The van der Waals surface area contributed by atoms with Gasteiger partial charge in [0.2, 0.25) is 0 Å². The largest absolute Gasteiger partial charge is 0.0885 e. The minimum Gasteiger partial charge on any atom is -0.0885 e. The van der Waals surface area contributed by atoms with E-state index in [9.17, 15) is 0 Å². The fourth-order valence-corrected chi connectivity index (χ4v) is 13.4. The average molecular weight is 439 g/mol. The zero-order valence-corrected chi connectivity index (χ0v) is 21.9. The van der Waals surface area contributed by atoms with Gasteiger partial charge in [-0.25, -0.2) is 0 Å². The molecule has 1 aromatic rings. The smallest absolute Gasteiger partial charge is 0.0836 e. The van der Waals surface area contributed by atoms with Crippen LogP contribution in [0.5, 0.6) is 0 Å². The molecule has 2 heteroatoms. The van der Waals surface area contributed by atoms with E-state index in [1.807, 2.05) is 0 Å². The van der Waals surface area contributed by atoms with E-state index in [-0.39, 0.29) is 0 Å². The van der Waals surface area contributed by atoms with Crippen LogP contribution in [0.4, 0.5) is 0 Å². The van der Waals surface area contributed by atoms with Crippen LogP contribution < -0.4 is 10.4 Å². The molecule has 1 aromatic carbocycles. The lowest BCUT2D eigenvalue weighted by atomic mass is 10.2. The van der Waals surface area contributed by atoms with Gasteiger partial charge in [-0.2, -0.15) is 0 Å². The molecule has 4 heterocycles. The number of rotatable bonds is 0. The summed E-state index contributed by atoms with van der Waals surface area (Å²) in [6, 6.07) is 16.3. The predicted molar refractivity (Wildman–Crippen MR) is 142 cm³/mol. The molecule has 0 spiro atoms. The molecule has 30 heavy (non-hydrogen) atoms. The van der Waals surface area contributed by atoms with Crippen LogP contribution in [0.15, 0.2) is 48.6 Å². The third-order valence-corrected chi connectivity index (χ3v) is 17.3. The monoisotopic (exact) mass is 438 g/mol. The highest BCUT2D eigenvalue weighted by atomic mass is 28.3. The second-order valence-electron chi connectivity index (χ2n) is 10.6. The number of benzene rings is 1. The van der Waals surface area contributed by atoms with Crippen molar-refractivity contribution in [3.05, 3.63) is 48.6 Å². The SMILES string of the molecule is C[Si]12CCCC/C=C\CCCC[Si](C)(CCCC/C=C\CCCC1)c1ccc2cc1. The molecule has 4 aliphatic heterocycles. The first kappa shape index (κ1) is 23.8. The van der Waals surface area contributed by atoms with E-state index in [4.69, 9.17) is 0 Å². The van der Waals surface area contributed by atoms with Crippen LogP contribution in [0, 0.1) is 0 Å². The van der Waals surface area contributed by atoms with E-state index in [1.165, 1.54) is 101 Å². The molecule has 0 aromatic heterocycles. The molecule has 5 rings (SSSR count). The Morgan fingerprint density at radius 1 is 0.433 bits per heavy atom. The van der Waals surface area contributed by atoms with Crippen LogP contribution in [0.25, 0.3) is 0 Å². The van der Waals surface area contributed by atoms with Crippen molar-refractivity contribution in [2.45, 2.75) is 114 Å². The van der Waals surface area contributed by atoms with Crippen molar-refractivity contribution in [3.63, 3.8) is 0 Å². The fourth-order valence-electron chi connectivity index (χ4n) is 5.68. The van der Waals surface area contributed by atoms with Gasteiger partial charge in [0, 0.05) is 0 Å². The van der Waals surface area contributed by atoms with Crippen molar-refractivity contribution < 1.29 is 0 Å². The Balaban J connectivity index is 1.90. The summed E-state index contributed by atoms with van der Waals surface area (Å²) in [6.07, 6.45) is 26.3. The van der Waals surface area contributed by atoms with Gasteiger partial charge in [0.25, 0.3) is 0 Å². The standard InChI is InChI=1S/C28H46Si2/c1-29-23-15-11-7-3-5-9-13-17-25-30(2,28-21-19-27(29)20-22-28)26-18-14-10-6-4-8-12-16-24-29/h3-6,19-22H,7-18,23-26H2,1-2H3/b5-3-,6-4-. The molecule has 0 amide bonds. The molecule has 0 fully saturated rings. The number of fused-ring (bicyclic) bond motifs is 16. The first-order chi connectivity index (χ1) is 14.6. The molecule has 0 aliphatic carbocycles. The summed E-state index contributed by atoms with van der Waals surface area (Å²) in [5.74, 6) is 0. The average Bonchev–Trinajstić information content (AvgIpc) is 2.75. The third-order valence-electron chi connectivity index (χ3n) is 8.01. The Kier molecular flexibility index (Phi) is 9.71. The Labute approximate surface area is 189 Å². The predicted octanol–water partition coefficient (Wildman–Crippen LogP) is 8.08. The van der Waals surface area contributed by atoms with E-state index in [0.717, 1.165) is 0 Å². The summed E-state index contributed by atoms with van der Waals surface area (Å²) in [7, 11) is -2.74. The molecule has 0 saturated carbocycles. The molecule has 0 N–H and O–H groups in total. The van der Waals surface area contributed by atoms with Crippen LogP contribution in [-0.4, -0.2) is 16.1 Å². The summed E-state index contributed by atoms with van der Waals surface area (Å²) in [4.78, 5) is 0. The molecule has 166 valence electrons. The van der Waals surface area contributed by atoms with E-state index < -0.39 is 16.1 Å². The van der Waals surface area contributed by atoms with Crippen molar-refractivity contribution >= 4 is 26.5 Å². The molecule has 4 aliphatic rings. The van der Waals surface area contributed by atoms with Crippen LogP contribution in [-0.2, 0) is 0 Å². The van der Waals surface area contributed by atoms with Gasteiger partial charge < -0.3 is 0 Å². The first-order valence-electron chi connectivity index (χ1n) is 13.0. The molecule has 0 nitrogen and oxygen atoms in total. The van der Waals surface area contributed by atoms with Crippen molar-refractivity contribution in [2.24, 2.45) is 0 Å². The Hall–Kier alpha value is -0.866. The summed E-state index contributed by atoms with van der Waals surface area (Å²) in [5.41, 5.74) is 0. The topological polar surface area (TPSA) is 0 Å². The van der Waals surface area contributed by atoms with Crippen LogP contribution in [0.1, 0.15) is 77.0 Å². The maximum absolute atomic E-state index is 2.69. The van der Waals surface area contributed by atoms with Gasteiger partial charge in [-0.15, -0.1) is 0 Å². The van der Waals surface area contributed by atoms with Crippen molar-refractivity contribution in [2.75, 3.05) is 0 Å². The number of allylic oxidation sites excluding steroid dienone is 4. The molecule has 0 saturated heterocycles. The molecule has 4 bridgehead atoms. The first-order valence-corrected chi connectivity index (χ1v) is 18.9. The molecule has 0 unspecified atom stereocenters. The maximum atomic E-state index is 2.69. The van der Waals surface area contributed by atoms with Crippen LogP contribution >= 0.6 is 0 Å². The Morgan fingerprint density at radius 3 is 0.967 bits per heavy atom. The van der Waals surface area contributed by atoms with Crippen LogP contribution in [0.3, 0.4) is 0 Å². The quantitative estimate of drug-likeness (QED) is 0.283. The van der Waals surface area contributed by atoms with Gasteiger partial charge >= 0.3 is 0 Å². The van der Waals surface area contributed by atoms with E-state index >= 15 is 0 Å². The van der Waals surface area contributed by atoms with Gasteiger partial charge in [0.05, 0.1) is 16.1 Å². The summed E-state index contributed by atoms with van der Waals surface area (Å²) < 4.78 is 0. The van der Waals surface area contributed by atoms with Gasteiger partial charge in [0.15, 0.2) is 0 Å². The lowest BCUT2D eigenvalue weighted by Gasteiger charge is -2.32. The van der Waals surface area contributed by atoms with Crippen molar-refractivity contribution in [1.82, 2.24) is 0 Å². The lowest BCUT2D eigenvalue weighted by Crippen LogP contribution is -2.48. The molecular weight excluding hydrogens is 392 g/mol. The Bertz CT molecular complexity index is 583. The molecule has 0 radical (unpaired) electrons. The number of hydrogen-bond donors (Lipinski definition) is 0. The second kappa shape index (κ2) is 12.2. The van der Waals surface area contributed by atoms with Crippen molar-refractivity contribution in [3.8, 4) is 0 Å². The Morgan fingerprint density at radius 2 is 0.700 bits per heavy atom. The highest BCUT2D eigenvalue weighted by molar-refractivity contribution is 6.92. The molecular formula is C28H46Si2. The summed E-state index contributed by atoms with van der Waals surface area (Å²) in [5, 5.41) is 3.49. The van der Waals surface area contributed by atoms with E-state index in [0.29, 0.717) is 0 Å². The summed E-state index contributed by atoms with van der Waals surface area (Å²) >= 11 is 0. The normalized spacial score (nSPS) is 32.3. The van der Waals surface area contributed by atoms with Gasteiger partial charge in [0.1, 0.15) is 0 Å². The minimum absolute atomic E-state index is 1.29. The van der Waals surface area contributed by atoms with E-state index in [2.05, 4.69) is 61.7 Å². The highest BCUT2D eigenvalue weighted by Gasteiger charge is 2.31. The zero-order valence-electron chi connectivity index (χ0n) is 19.9. The third kappa shape index (κ3) is 7.09. The highest BCUT2D eigenvalue weighted by Crippen LogP contribution is 2.26. The summed E-state index contributed by atoms with van der Waals surface area (Å²) in [6.45, 7) is 5.38. The van der Waals surface area contributed by atoms with Crippen LogP contribution in [0.2, 0.25) is 37.3 Å². The minimum atomic E-state index is -1.37. The van der Waals surface area contributed by atoms with Gasteiger partial charge in [-0.3, -0.25) is 0 Å².